The molecule has 1 atom stereocenters. The third kappa shape index (κ3) is 2.95. The molecule has 1 aromatic carbocycles. The van der Waals surface area contributed by atoms with Crippen LogP contribution < -0.4 is 0 Å². The highest BCUT2D eigenvalue weighted by molar-refractivity contribution is 5.24. The second-order valence-corrected chi connectivity index (χ2v) is 4.31. The average Bonchev–Trinajstić information content (AvgIpc) is 2.80. The molecule has 0 aromatic heterocycles. The van der Waals surface area contributed by atoms with Gasteiger partial charge < -0.3 is 0 Å². The van der Waals surface area contributed by atoms with Crippen molar-refractivity contribution in [3.05, 3.63) is 60.4 Å². The molecule has 1 aliphatic rings. The molecule has 2 rings (SSSR count). The summed E-state index contributed by atoms with van der Waals surface area (Å²) in [5.41, 5.74) is 3.04. The Hall–Kier alpha value is -1.04. The lowest BCUT2D eigenvalue weighted by atomic mass is 9.94. The van der Waals surface area contributed by atoms with Gasteiger partial charge in [-0.1, -0.05) is 48.9 Å². The maximum atomic E-state index is 2.32. The molecular formula is C15H18. The molecule has 0 heterocycles. The summed E-state index contributed by atoms with van der Waals surface area (Å²) >= 11 is 0. The predicted octanol–water partition coefficient (Wildman–Crippen LogP) is 4.31. The Labute approximate surface area is 93.0 Å². The Kier molecular flexibility index (Phi) is 3.60. The highest BCUT2D eigenvalue weighted by Crippen LogP contribution is 2.26. The Morgan fingerprint density at radius 2 is 2.00 bits per heavy atom. The van der Waals surface area contributed by atoms with Crippen molar-refractivity contribution in [3.8, 4) is 0 Å². The van der Waals surface area contributed by atoms with Crippen LogP contribution in [0.4, 0.5) is 0 Å². The fourth-order valence-electron chi connectivity index (χ4n) is 2.03. The summed E-state index contributed by atoms with van der Waals surface area (Å²) in [4.78, 5) is 0. The zero-order chi connectivity index (χ0) is 10.5. The molecule has 0 amide bonds. The zero-order valence-corrected chi connectivity index (χ0v) is 9.32. The minimum Gasteiger partial charge on any atom is -0.0813 e. The maximum absolute atomic E-state index is 2.32. The van der Waals surface area contributed by atoms with Crippen LogP contribution in [0.15, 0.2) is 42.0 Å². The van der Waals surface area contributed by atoms with E-state index >= 15 is 0 Å². The summed E-state index contributed by atoms with van der Waals surface area (Å²) in [5.74, 6) is 0.674. The monoisotopic (exact) mass is 198 g/mol. The summed E-state index contributed by atoms with van der Waals surface area (Å²) in [7, 11) is 0. The summed E-state index contributed by atoms with van der Waals surface area (Å²) in [5, 5.41) is 0. The van der Waals surface area contributed by atoms with Crippen molar-refractivity contribution in [1.29, 1.82) is 0 Å². The van der Waals surface area contributed by atoms with Gasteiger partial charge in [-0.2, -0.15) is 0 Å². The van der Waals surface area contributed by atoms with E-state index in [1.54, 1.807) is 5.57 Å². The van der Waals surface area contributed by atoms with Crippen LogP contribution in [0.25, 0.3) is 0 Å². The van der Waals surface area contributed by atoms with Gasteiger partial charge in [0.15, 0.2) is 0 Å². The fraction of sp³-hybridized carbons (Fsp3) is 0.333. The molecule has 0 aliphatic heterocycles. The predicted molar refractivity (Wildman–Crippen MR) is 65.4 cm³/mol. The SMILES string of the molecule is CC(CCC1=C[CH][CH]C1)c1ccccc1. The Morgan fingerprint density at radius 3 is 2.67 bits per heavy atom. The lowest BCUT2D eigenvalue weighted by Crippen LogP contribution is -1.93. The normalized spacial score (nSPS) is 17.5. The molecule has 0 saturated heterocycles. The van der Waals surface area contributed by atoms with Crippen LogP contribution in [-0.4, -0.2) is 0 Å². The zero-order valence-electron chi connectivity index (χ0n) is 9.32. The third-order valence-electron chi connectivity index (χ3n) is 3.12. The van der Waals surface area contributed by atoms with Gasteiger partial charge in [-0.25, -0.2) is 0 Å². The number of hydrogen-bond donors (Lipinski definition) is 0. The van der Waals surface area contributed by atoms with Gasteiger partial charge in [0.1, 0.15) is 0 Å². The van der Waals surface area contributed by atoms with Gasteiger partial charge in [-0.3, -0.25) is 0 Å². The van der Waals surface area contributed by atoms with E-state index in [4.69, 9.17) is 0 Å². The average molecular weight is 198 g/mol. The van der Waals surface area contributed by atoms with Gasteiger partial charge in [0.25, 0.3) is 0 Å². The number of allylic oxidation sites excluding steroid dienone is 2. The first kappa shape index (κ1) is 10.5. The van der Waals surface area contributed by atoms with Crippen LogP contribution in [0.5, 0.6) is 0 Å². The molecule has 15 heavy (non-hydrogen) atoms. The second-order valence-electron chi connectivity index (χ2n) is 4.31. The van der Waals surface area contributed by atoms with Crippen LogP contribution in [0.1, 0.15) is 37.7 Å². The second kappa shape index (κ2) is 5.16. The highest BCUT2D eigenvalue weighted by Gasteiger charge is 2.08. The van der Waals surface area contributed by atoms with E-state index in [-0.39, 0.29) is 0 Å². The summed E-state index contributed by atoms with van der Waals surface area (Å²) in [6.07, 6.45) is 10.3. The topological polar surface area (TPSA) is 0 Å². The largest absolute Gasteiger partial charge is 0.0813 e. The van der Waals surface area contributed by atoms with Crippen molar-refractivity contribution >= 4 is 0 Å². The van der Waals surface area contributed by atoms with E-state index in [1.807, 2.05) is 0 Å². The van der Waals surface area contributed by atoms with E-state index in [1.165, 1.54) is 24.8 Å². The lowest BCUT2D eigenvalue weighted by Gasteiger charge is -2.11. The van der Waals surface area contributed by atoms with Crippen molar-refractivity contribution in [2.45, 2.75) is 32.1 Å². The number of hydrogen-bond acceptors (Lipinski definition) is 0. The summed E-state index contributed by atoms with van der Waals surface area (Å²) < 4.78 is 0. The maximum Gasteiger partial charge on any atom is -0.0130 e. The van der Waals surface area contributed by atoms with E-state index in [9.17, 15) is 0 Å². The Morgan fingerprint density at radius 1 is 1.20 bits per heavy atom. The highest BCUT2D eigenvalue weighted by atomic mass is 14.1. The van der Waals surface area contributed by atoms with Gasteiger partial charge in [-0.15, -0.1) is 0 Å². The van der Waals surface area contributed by atoms with Crippen molar-refractivity contribution in [3.63, 3.8) is 0 Å². The molecule has 0 nitrogen and oxygen atoms in total. The van der Waals surface area contributed by atoms with Crippen LogP contribution in [-0.2, 0) is 0 Å². The van der Waals surface area contributed by atoms with Crippen LogP contribution >= 0.6 is 0 Å². The first-order valence-electron chi connectivity index (χ1n) is 5.76. The van der Waals surface area contributed by atoms with Crippen LogP contribution in [0.3, 0.4) is 0 Å². The van der Waals surface area contributed by atoms with Crippen molar-refractivity contribution in [2.24, 2.45) is 0 Å². The van der Waals surface area contributed by atoms with Gasteiger partial charge >= 0.3 is 0 Å². The van der Waals surface area contributed by atoms with Crippen LogP contribution in [0, 0.1) is 12.8 Å². The smallest absolute Gasteiger partial charge is 0.0130 e. The van der Waals surface area contributed by atoms with Gasteiger partial charge in [0, 0.05) is 0 Å². The molecule has 1 aliphatic carbocycles. The first-order chi connectivity index (χ1) is 7.36. The molecule has 0 heteroatoms. The van der Waals surface area contributed by atoms with E-state index in [0.717, 1.165) is 0 Å². The molecule has 0 bridgehead atoms. The quantitative estimate of drug-likeness (QED) is 0.676. The molecule has 0 saturated carbocycles. The molecule has 2 radical (unpaired) electrons. The van der Waals surface area contributed by atoms with Gasteiger partial charge in [0.05, 0.1) is 0 Å². The van der Waals surface area contributed by atoms with Crippen molar-refractivity contribution in [1.82, 2.24) is 0 Å². The third-order valence-corrected chi connectivity index (χ3v) is 3.12. The Bertz CT molecular complexity index is 321. The van der Waals surface area contributed by atoms with Gasteiger partial charge in [0.2, 0.25) is 0 Å². The standard InChI is InChI=1S/C15H18/c1-13(15-9-3-2-4-10-15)11-12-14-7-5-6-8-14/h2-7,9-10,13H,8,11-12H2,1H3. The lowest BCUT2D eigenvalue weighted by molar-refractivity contribution is 0.671. The summed E-state index contributed by atoms with van der Waals surface area (Å²) in [6.45, 7) is 2.32. The van der Waals surface area contributed by atoms with Gasteiger partial charge in [-0.05, 0) is 43.6 Å². The molecule has 1 aromatic rings. The number of rotatable bonds is 4. The van der Waals surface area contributed by atoms with Crippen LogP contribution in [0.2, 0.25) is 0 Å². The molecule has 78 valence electrons. The molecular weight excluding hydrogens is 180 g/mol. The van der Waals surface area contributed by atoms with E-state index < -0.39 is 0 Å². The minimum atomic E-state index is 0.674. The minimum absolute atomic E-state index is 0.674. The molecule has 0 spiro atoms. The Balaban J connectivity index is 1.84. The van der Waals surface area contributed by atoms with E-state index in [0.29, 0.717) is 5.92 Å². The molecule has 1 unspecified atom stereocenters. The van der Waals surface area contributed by atoms with Crippen molar-refractivity contribution < 1.29 is 0 Å². The first-order valence-corrected chi connectivity index (χ1v) is 5.76. The summed E-state index contributed by atoms with van der Waals surface area (Å²) in [6, 6.07) is 10.8. The molecule has 0 fully saturated rings. The molecule has 0 N–H and O–H groups in total. The fourth-order valence-corrected chi connectivity index (χ4v) is 2.03. The van der Waals surface area contributed by atoms with E-state index in [2.05, 4.69) is 56.2 Å². The van der Waals surface area contributed by atoms with Crippen molar-refractivity contribution in [2.75, 3.05) is 0 Å². The number of benzene rings is 1.